The molecule has 1 saturated heterocycles. The summed E-state index contributed by atoms with van der Waals surface area (Å²) in [6.07, 6.45) is 0. The van der Waals surface area contributed by atoms with Gasteiger partial charge >= 0.3 is 11.9 Å². The van der Waals surface area contributed by atoms with Crippen molar-refractivity contribution < 1.29 is 33.4 Å². The average Bonchev–Trinajstić information content (AvgIpc) is 3.36. The summed E-state index contributed by atoms with van der Waals surface area (Å²) in [5.41, 5.74) is 5.47. The molecule has 0 saturated carbocycles. The molecule has 4 aromatic carbocycles. The second-order valence-corrected chi connectivity index (χ2v) is 12.5. The van der Waals surface area contributed by atoms with Gasteiger partial charge in [0.25, 0.3) is 5.91 Å². The fraction of sp³-hybridized carbons (Fsp3) is 0.237. The number of hydrogen-bond donors (Lipinski definition) is 1. The summed E-state index contributed by atoms with van der Waals surface area (Å²) in [6, 6.07) is 28.4. The molecule has 0 spiro atoms. The summed E-state index contributed by atoms with van der Waals surface area (Å²) >= 11 is 0. The molecule has 1 fully saturated rings. The van der Waals surface area contributed by atoms with Gasteiger partial charge < -0.3 is 14.8 Å². The molecule has 3 aliphatic carbocycles. The topological polar surface area (TPSA) is 119 Å². The molecule has 47 heavy (non-hydrogen) atoms. The number of hydrogen-bond acceptors (Lipinski definition) is 7. The van der Waals surface area contributed by atoms with Crippen LogP contribution in [0.15, 0.2) is 97.1 Å². The van der Waals surface area contributed by atoms with Crippen molar-refractivity contribution in [2.75, 3.05) is 23.4 Å². The summed E-state index contributed by atoms with van der Waals surface area (Å²) in [5.74, 6) is -3.73. The molecule has 4 aromatic rings. The third-order valence-electron chi connectivity index (χ3n) is 9.08. The second-order valence-electron chi connectivity index (χ2n) is 12.5. The van der Waals surface area contributed by atoms with Gasteiger partial charge in [-0.15, -0.1) is 0 Å². The van der Waals surface area contributed by atoms with E-state index in [1.165, 1.54) is 29.2 Å². The number of imide groups is 1. The molecule has 0 aromatic heterocycles. The Balaban J connectivity index is 1.03. The van der Waals surface area contributed by atoms with Crippen molar-refractivity contribution in [1.29, 1.82) is 0 Å². The summed E-state index contributed by atoms with van der Waals surface area (Å²) in [5, 5.41) is 2.62. The highest BCUT2D eigenvalue weighted by Gasteiger charge is 2.61. The van der Waals surface area contributed by atoms with Crippen LogP contribution in [-0.4, -0.2) is 42.9 Å². The molecule has 2 bridgehead atoms. The van der Waals surface area contributed by atoms with Gasteiger partial charge in [0.2, 0.25) is 11.8 Å². The molecule has 1 N–H and O–H groups in total. The van der Waals surface area contributed by atoms with E-state index in [2.05, 4.69) is 5.32 Å². The Labute approximate surface area is 271 Å². The van der Waals surface area contributed by atoms with Gasteiger partial charge in [0, 0.05) is 17.5 Å². The lowest BCUT2D eigenvalue weighted by molar-refractivity contribution is -0.122. The average molecular weight is 629 g/mol. The van der Waals surface area contributed by atoms with Gasteiger partial charge in [-0.3, -0.25) is 14.4 Å². The molecule has 8 rings (SSSR count). The van der Waals surface area contributed by atoms with E-state index in [4.69, 9.17) is 9.47 Å². The van der Waals surface area contributed by atoms with Gasteiger partial charge in [0.15, 0.2) is 6.61 Å². The van der Waals surface area contributed by atoms with E-state index in [-0.39, 0.29) is 40.8 Å². The van der Waals surface area contributed by atoms with Crippen molar-refractivity contribution in [3.8, 4) is 0 Å². The van der Waals surface area contributed by atoms with Crippen LogP contribution in [0.25, 0.3) is 0 Å². The van der Waals surface area contributed by atoms with Crippen molar-refractivity contribution in [1.82, 2.24) is 0 Å². The largest absolute Gasteiger partial charge is 0.462 e. The van der Waals surface area contributed by atoms with E-state index in [0.717, 1.165) is 22.3 Å². The Kier molecular flexibility index (Phi) is 7.67. The fourth-order valence-corrected chi connectivity index (χ4v) is 7.13. The molecule has 236 valence electrons. The van der Waals surface area contributed by atoms with Crippen LogP contribution < -0.4 is 10.2 Å². The second kappa shape index (κ2) is 12.0. The first-order valence-corrected chi connectivity index (χ1v) is 15.6. The number of ether oxygens (including phenoxy) is 2. The summed E-state index contributed by atoms with van der Waals surface area (Å²) < 4.78 is 10.5. The Morgan fingerprint density at radius 1 is 0.681 bits per heavy atom. The summed E-state index contributed by atoms with van der Waals surface area (Å²) in [7, 11) is 0. The van der Waals surface area contributed by atoms with Gasteiger partial charge in [-0.1, -0.05) is 68.4 Å². The minimum absolute atomic E-state index is 0.101. The summed E-state index contributed by atoms with van der Waals surface area (Å²) in [6.45, 7) is 3.63. The van der Waals surface area contributed by atoms with Crippen molar-refractivity contribution in [2.24, 2.45) is 17.8 Å². The van der Waals surface area contributed by atoms with Gasteiger partial charge in [-0.2, -0.15) is 0 Å². The van der Waals surface area contributed by atoms with Crippen molar-refractivity contribution >= 4 is 41.0 Å². The fourth-order valence-electron chi connectivity index (χ4n) is 7.13. The highest BCUT2D eigenvalue weighted by molar-refractivity contribution is 6.23. The highest BCUT2D eigenvalue weighted by atomic mass is 16.5. The minimum Gasteiger partial charge on any atom is -0.462 e. The lowest BCUT2D eigenvalue weighted by Crippen LogP contribution is -2.41. The third kappa shape index (κ3) is 5.27. The van der Waals surface area contributed by atoms with Crippen LogP contribution in [0.3, 0.4) is 0 Å². The van der Waals surface area contributed by atoms with Gasteiger partial charge in [-0.05, 0) is 70.6 Å². The van der Waals surface area contributed by atoms with Crippen LogP contribution in [0, 0.1) is 17.8 Å². The molecule has 3 amide bonds. The Bertz CT molecular complexity index is 1820. The Hall–Kier alpha value is -5.57. The lowest BCUT2D eigenvalue weighted by Gasteiger charge is -2.45. The van der Waals surface area contributed by atoms with E-state index in [0.29, 0.717) is 17.9 Å². The highest BCUT2D eigenvalue weighted by Crippen LogP contribution is 2.61. The maximum absolute atomic E-state index is 14.1. The molecule has 0 radical (unpaired) electrons. The molecule has 4 aliphatic rings. The quantitative estimate of drug-likeness (QED) is 0.197. The molecule has 1 heterocycles. The van der Waals surface area contributed by atoms with E-state index >= 15 is 0 Å². The van der Waals surface area contributed by atoms with Crippen LogP contribution in [-0.2, 0) is 23.9 Å². The van der Waals surface area contributed by atoms with Gasteiger partial charge in [0.05, 0.1) is 35.3 Å². The van der Waals surface area contributed by atoms with Crippen LogP contribution in [0.2, 0.25) is 0 Å². The number of benzene rings is 4. The number of nitrogens with one attached hydrogen (secondary N) is 1. The molecule has 0 unspecified atom stereocenters. The molecule has 2 atom stereocenters. The number of amides is 3. The SMILES string of the molecule is CC(C)COC(=O)c1ccc(NC(=O)COC(=O)c2cccc(N3C(=O)[C@@H]4C5c6ccccc6C(c6ccccc65)[C@H]4C3=O)c2)cc1. The van der Waals surface area contributed by atoms with E-state index in [1.54, 1.807) is 24.3 Å². The first kappa shape index (κ1) is 30.1. The zero-order valence-corrected chi connectivity index (χ0v) is 25.8. The van der Waals surface area contributed by atoms with Crippen molar-refractivity contribution in [3.63, 3.8) is 0 Å². The van der Waals surface area contributed by atoms with Crippen molar-refractivity contribution in [2.45, 2.75) is 25.7 Å². The molecule has 9 heteroatoms. The van der Waals surface area contributed by atoms with Crippen molar-refractivity contribution in [3.05, 3.63) is 130 Å². The number of nitrogens with zero attached hydrogens (tertiary/aromatic N) is 1. The number of carbonyl (C=O) groups is 5. The standard InChI is InChI=1S/C38H32N2O7/c1-21(2)19-46-37(44)22-14-16-24(17-15-22)39-30(41)20-47-38(45)23-8-7-9-25(18-23)40-35(42)33-31-26-10-3-4-11-27(26)32(34(33)36(40)43)29-13-6-5-12-28(29)31/h3-18,21,31-34H,19-20H2,1-2H3,(H,39,41)/t31?,32?,33-,34-/m1/s1. The zero-order valence-electron chi connectivity index (χ0n) is 25.8. The lowest BCUT2D eigenvalue weighted by atomic mass is 9.55. The Morgan fingerprint density at radius 3 is 1.74 bits per heavy atom. The van der Waals surface area contributed by atoms with E-state index in [1.807, 2.05) is 62.4 Å². The predicted octanol–water partition coefficient (Wildman–Crippen LogP) is 5.69. The molecular formula is C38H32N2O7. The van der Waals surface area contributed by atoms with Crippen LogP contribution in [0.4, 0.5) is 11.4 Å². The predicted molar refractivity (Wildman–Crippen MR) is 173 cm³/mol. The number of esters is 2. The van der Waals surface area contributed by atoms with Crippen LogP contribution >= 0.6 is 0 Å². The van der Waals surface area contributed by atoms with E-state index in [9.17, 15) is 24.0 Å². The number of anilines is 2. The molecule has 1 aliphatic heterocycles. The van der Waals surface area contributed by atoms with Gasteiger partial charge in [-0.25, -0.2) is 14.5 Å². The number of carbonyl (C=O) groups excluding carboxylic acids is 5. The third-order valence-corrected chi connectivity index (χ3v) is 9.08. The molecular weight excluding hydrogens is 596 g/mol. The monoisotopic (exact) mass is 628 g/mol. The zero-order chi connectivity index (χ0) is 32.8. The maximum Gasteiger partial charge on any atom is 0.338 e. The minimum atomic E-state index is -0.776. The Morgan fingerprint density at radius 2 is 1.21 bits per heavy atom. The summed E-state index contributed by atoms with van der Waals surface area (Å²) in [4.78, 5) is 67.0. The normalized spacial score (nSPS) is 20.4. The van der Waals surface area contributed by atoms with Crippen LogP contribution in [0.1, 0.15) is 68.7 Å². The number of rotatable bonds is 8. The first-order valence-electron chi connectivity index (χ1n) is 15.6. The molecule has 9 nitrogen and oxygen atoms in total. The maximum atomic E-state index is 14.1. The smallest absolute Gasteiger partial charge is 0.338 e. The van der Waals surface area contributed by atoms with Crippen LogP contribution in [0.5, 0.6) is 0 Å². The van der Waals surface area contributed by atoms with Gasteiger partial charge in [0.1, 0.15) is 0 Å². The first-order chi connectivity index (χ1) is 22.7. The van der Waals surface area contributed by atoms with E-state index < -0.39 is 36.3 Å².